The molecule has 0 radical (unpaired) electrons. The number of nitrogens with one attached hydrogen (secondary N) is 1. The van der Waals surface area contributed by atoms with E-state index in [0.29, 0.717) is 27.6 Å². The van der Waals surface area contributed by atoms with Crippen molar-refractivity contribution >= 4 is 22.7 Å². The van der Waals surface area contributed by atoms with Gasteiger partial charge in [0.15, 0.2) is 4.90 Å². The van der Waals surface area contributed by atoms with Crippen molar-refractivity contribution in [2.75, 3.05) is 27.2 Å². The van der Waals surface area contributed by atoms with E-state index in [-0.39, 0.29) is 5.78 Å². The molecule has 0 aromatic heterocycles. The maximum Gasteiger partial charge on any atom is 0.248 e. The van der Waals surface area contributed by atoms with Crippen LogP contribution in [0.25, 0.3) is 5.70 Å². The molecule has 3 rings (SSSR count). The average Bonchev–Trinajstić information content (AvgIpc) is 2.87. The Balaban J connectivity index is 1.96. The molecule has 1 aliphatic heterocycles. The lowest BCUT2D eigenvalue weighted by Gasteiger charge is -2.15. The Morgan fingerprint density at radius 2 is 1.76 bits per heavy atom. The van der Waals surface area contributed by atoms with Gasteiger partial charge in [0.1, 0.15) is 5.70 Å². The summed E-state index contributed by atoms with van der Waals surface area (Å²) in [5.41, 5.74) is 2.11. The number of ketones is 1. The molecular formula is C20H22N2O2S. The van der Waals surface area contributed by atoms with Gasteiger partial charge in [-0.05, 0) is 39.2 Å². The fraction of sp³-hybridized carbons (Fsp3) is 0.250. The summed E-state index contributed by atoms with van der Waals surface area (Å²) in [6, 6.07) is 16.8. The highest BCUT2D eigenvalue weighted by molar-refractivity contribution is 7.97. The maximum absolute atomic E-state index is 12.9. The molecule has 0 saturated heterocycles. The van der Waals surface area contributed by atoms with Crippen molar-refractivity contribution in [1.82, 2.24) is 10.2 Å². The third-order valence-electron chi connectivity index (χ3n) is 4.10. The molecule has 1 atom stereocenters. The molecule has 1 unspecified atom stereocenters. The monoisotopic (exact) mass is 354 g/mol. The first-order valence-electron chi connectivity index (χ1n) is 8.33. The molecule has 25 heavy (non-hydrogen) atoms. The van der Waals surface area contributed by atoms with E-state index in [0.717, 1.165) is 18.5 Å². The summed E-state index contributed by atoms with van der Waals surface area (Å²) in [7, 11) is 4.06. The molecule has 0 bridgehead atoms. The number of nitrogens with zero attached hydrogens (tertiary/aromatic N) is 1. The summed E-state index contributed by atoms with van der Waals surface area (Å²) in [4.78, 5) is 15.9. The topological polar surface area (TPSA) is 55.4 Å². The smallest absolute Gasteiger partial charge is 0.248 e. The Hall–Kier alpha value is -2.08. The molecule has 1 heterocycles. The number of hydrogen-bond acceptors (Lipinski definition) is 4. The Bertz CT molecular complexity index is 787. The molecular weight excluding hydrogens is 332 g/mol. The van der Waals surface area contributed by atoms with E-state index in [1.165, 1.54) is 0 Å². The van der Waals surface area contributed by atoms with Crippen molar-refractivity contribution in [3.8, 4) is 0 Å². The van der Waals surface area contributed by atoms with Crippen molar-refractivity contribution in [3.05, 3.63) is 70.6 Å². The van der Waals surface area contributed by atoms with Crippen molar-refractivity contribution in [1.29, 1.82) is 0 Å². The lowest BCUT2D eigenvalue weighted by atomic mass is 10.1. The highest BCUT2D eigenvalue weighted by atomic mass is 32.2. The number of Topliss-reactive ketones (excluding diaryl/α,β-unsaturated/α-hetero) is 1. The summed E-state index contributed by atoms with van der Waals surface area (Å²) < 4.78 is 12.9. The predicted molar refractivity (Wildman–Crippen MR) is 102 cm³/mol. The van der Waals surface area contributed by atoms with Gasteiger partial charge in [0, 0.05) is 23.3 Å². The molecule has 0 spiro atoms. The van der Waals surface area contributed by atoms with Crippen LogP contribution in [0.3, 0.4) is 0 Å². The Kier molecular flexibility index (Phi) is 5.58. The van der Waals surface area contributed by atoms with Gasteiger partial charge in [-0.25, -0.2) is 0 Å². The van der Waals surface area contributed by atoms with Crippen molar-refractivity contribution < 1.29 is 9.35 Å². The lowest BCUT2D eigenvalue weighted by molar-refractivity contribution is 0.104. The van der Waals surface area contributed by atoms with Crippen LogP contribution in [0.4, 0.5) is 0 Å². The second-order valence-electron chi connectivity index (χ2n) is 6.25. The van der Waals surface area contributed by atoms with Crippen LogP contribution in [0, 0.1) is 0 Å². The zero-order valence-corrected chi connectivity index (χ0v) is 15.3. The van der Waals surface area contributed by atoms with Crippen LogP contribution in [0.1, 0.15) is 22.3 Å². The fourth-order valence-electron chi connectivity index (χ4n) is 2.87. The van der Waals surface area contributed by atoms with E-state index in [9.17, 15) is 9.35 Å². The highest BCUT2D eigenvalue weighted by Crippen LogP contribution is 2.37. The fourth-order valence-corrected chi connectivity index (χ4v) is 4.30. The summed E-state index contributed by atoms with van der Waals surface area (Å²) in [5, 5.41) is 3.37. The van der Waals surface area contributed by atoms with E-state index in [2.05, 4.69) is 10.2 Å². The number of fused-ring (bicyclic) bond motifs is 1. The van der Waals surface area contributed by atoms with Crippen LogP contribution < -0.4 is 5.32 Å². The van der Waals surface area contributed by atoms with Crippen molar-refractivity contribution in [2.45, 2.75) is 11.3 Å². The van der Waals surface area contributed by atoms with Crippen LogP contribution in [0.5, 0.6) is 0 Å². The number of carbonyl (C=O) groups excluding carboxylic acids is 1. The predicted octanol–water partition coefficient (Wildman–Crippen LogP) is 2.90. The second kappa shape index (κ2) is 7.87. The summed E-state index contributed by atoms with van der Waals surface area (Å²) in [6.07, 6.45) is 0.935. The standard InChI is InChI=1S/C20H22N2O2S/c1-22(2)14-8-13-21-18(15-9-4-3-5-10-15)20-19(23)16-11-6-7-12-17(16)25(20)24/h3-7,9-12,21H,8,13-14H2,1-2H3/b20-18+. The SMILES string of the molecule is CN(C)CCCN/C(=C1\C(=O)c2ccccc2[S+]1[O-])c1ccccc1. The molecule has 130 valence electrons. The summed E-state index contributed by atoms with van der Waals surface area (Å²) in [5.74, 6) is -0.145. The van der Waals surface area contributed by atoms with Crippen LogP contribution in [-0.2, 0) is 11.2 Å². The molecule has 4 nitrogen and oxygen atoms in total. The van der Waals surface area contributed by atoms with Gasteiger partial charge >= 0.3 is 0 Å². The Morgan fingerprint density at radius 3 is 2.44 bits per heavy atom. The maximum atomic E-state index is 12.9. The third kappa shape index (κ3) is 3.79. The Labute approximate surface area is 151 Å². The number of benzene rings is 2. The largest absolute Gasteiger partial charge is 0.606 e. The first kappa shape index (κ1) is 17.7. The van der Waals surface area contributed by atoms with Gasteiger partial charge < -0.3 is 14.8 Å². The molecule has 1 aliphatic rings. The minimum Gasteiger partial charge on any atom is -0.606 e. The van der Waals surface area contributed by atoms with Gasteiger partial charge in [0.2, 0.25) is 10.7 Å². The van der Waals surface area contributed by atoms with Crippen LogP contribution in [0.2, 0.25) is 0 Å². The molecule has 5 heteroatoms. The van der Waals surface area contributed by atoms with Crippen molar-refractivity contribution in [2.24, 2.45) is 0 Å². The minimum absolute atomic E-state index is 0.145. The lowest BCUT2D eigenvalue weighted by Crippen LogP contribution is -2.23. The zero-order valence-electron chi connectivity index (χ0n) is 14.5. The first-order valence-corrected chi connectivity index (χ1v) is 9.48. The molecule has 0 fully saturated rings. The quantitative estimate of drug-likeness (QED) is 0.492. The van der Waals surface area contributed by atoms with E-state index >= 15 is 0 Å². The van der Waals surface area contributed by atoms with Gasteiger partial charge in [-0.15, -0.1) is 0 Å². The third-order valence-corrected chi connectivity index (χ3v) is 5.61. The number of rotatable bonds is 6. The second-order valence-corrected chi connectivity index (χ2v) is 7.63. The van der Waals surface area contributed by atoms with E-state index < -0.39 is 11.2 Å². The normalized spacial score (nSPS) is 18.4. The zero-order chi connectivity index (χ0) is 17.8. The number of allylic oxidation sites excluding steroid dienone is 1. The first-order chi connectivity index (χ1) is 12.1. The highest BCUT2D eigenvalue weighted by Gasteiger charge is 2.41. The van der Waals surface area contributed by atoms with Crippen LogP contribution in [-0.4, -0.2) is 42.4 Å². The summed E-state index contributed by atoms with van der Waals surface area (Å²) >= 11 is -1.45. The molecule has 0 aliphatic carbocycles. The molecule has 1 N–H and O–H groups in total. The van der Waals surface area contributed by atoms with E-state index in [4.69, 9.17) is 0 Å². The number of carbonyl (C=O) groups is 1. The van der Waals surface area contributed by atoms with Crippen LogP contribution >= 0.6 is 0 Å². The molecule has 2 aromatic carbocycles. The molecule has 0 amide bonds. The van der Waals surface area contributed by atoms with Gasteiger partial charge in [-0.1, -0.05) is 42.5 Å². The van der Waals surface area contributed by atoms with Crippen molar-refractivity contribution in [3.63, 3.8) is 0 Å². The minimum atomic E-state index is -1.45. The Morgan fingerprint density at radius 1 is 1.08 bits per heavy atom. The average molecular weight is 354 g/mol. The summed E-state index contributed by atoms with van der Waals surface area (Å²) in [6.45, 7) is 1.66. The van der Waals surface area contributed by atoms with Crippen LogP contribution in [0.15, 0.2) is 64.4 Å². The van der Waals surface area contributed by atoms with Gasteiger partial charge in [-0.3, -0.25) is 4.79 Å². The number of hydrogen-bond donors (Lipinski definition) is 1. The van der Waals surface area contributed by atoms with Gasteiger partial charge in [0.05, 0.1) is 5.56 Å². The van der Waals surface area contributed by atoms with Gasteiger partial charge in [-0.2, -0.15) is 0 Å². The van der Waals surface area contributed by atoms with E-state index in [1.54, 1.807) is 12.1 Å². The van der Waals surface area contributed by atoms with Gasteiger partial charge in [0.25, 0.3) is 0 Å². The molecule has 0 saturated carbocycles. The van der Waals surface area contributed by atoms with E-state index in [1.807, 2.05) is 56.6 Å². The molecule has 2 aromatic rings.